The zero-order valence-electron chi connectivity index (χ0n) is 10.9. The highest BCUT2D eigenvalue weighted by Crippen LogP contribution is 2.62. The SMILES string of the molecule is CCS(=O)(=O)[C@@H]1[C@@H](c2ccc(F)cc2)[C@]1(CN)C(=O)O. The van der Waals surface area contributed by atoms with Gasteiger partial charge in [-0.1, -0.05) is 19.1 Å². The minimum atomic E-state index is -3.55. The van der Waals surface area contributed by atoms with Crippen molar-refractivity contribution in [1.29, 1.82) is 0 Å². The second-order valence-corrected chi connectivity index (χ2v) is 7.36. The van der Waals surface area contributed by atoms with Gasteiger partial charge in [-0.2, -0.15) is 0 Å². The Hall–Kier alpha value is -1.47. The van der Waals surface area contributed by atoms with Gasteiger partial charge in [0.1, 0.15) is 11.2 Å². The lowest BCUT2D eigenvalue weighted by atomic mass is 9.99. The van der Waals surface area contributed by atoms with Crippen molar-refractivity contribution in [2.75, 3.05) is 12.3 Å². The zero-order valence-corrected chi connectivity index (χ0v) is 11.7. The van der Waals surface area contributed by atoms with Gasteiger partial charge in [0.2, 0.25) is 0 Å². The molecule has 0 spiro atoms. The summed E-state index contributed by atoms with van der Waals surface area (Å²) in [6.07, 6.45) is 0. The van der Waals surface area contributed by atoms with Crippen molar-refractivity contribution in [2.24, 2.45) is 11.1 Å². The number of carboxylic acid groups (broad SMARTS) is 1. The molecule has 1 aliphatic carbocycles. The van der Waals surface area contributed by atoms with Crippen molar-refractivity contribution in [1.82, 2.24) is 0 Å². The van der Waals surface area contributed by atoms with Crippen LogP contribution in [0.4, 0.5) is 4.39 Å². The van der Waals surface area contributed by atoms with E-state index < -0.39 is 38.2 Å². The lowest BCUT2D eigenvalue weighted by molar-refractivity contribution is -0.143. The summed E-state index contributed by atoms with van der Waals surface area (Å²) in [7, 11) is -3.55. The fraction of sp³-hybridized carbons (Fsp3) is 0.462. The highest BCUT2D eigenvalue weighted by atomic mass is 32.2. The van der Waals surface area contributed by atoms with Gasteiger partial charge in [-0.15, -0.1) is 0 Å². The number of hydrogen-bond acceptors (Lipinski definition) is 4. The molecule has 20 heavy (non-hydrogen) atoms. The number of sulfone groups is 1. The molecule has 1 saturated carbocycles. The van der Waals surface area contributed by atoms with Gasteiger partial charge >= 0.3 is 5.97 Å². The molecule has 5 nitrogen and oxygen atoms in total. The quantitative estimate of drug-likeness (QED) is 0.836. The van der Waals surface area contributed by atoms with Crippen LogP contribution >= 0.6 is 0 Å². The number of halogens is 1. The lowest BCUT2D eigenvalue weighted by Crippen LogP contribution is -2.32. The minimum Gasteiger partial charge on any atom is -0.481 e. The predicted molar refractivity (Wildman–Crippen MR) is 71.5 cm³/mol. The fourth-order valence-corrected chi connectivity index (χ4v) is 4.92. The molecular formula is C13H16FNO4S. The molecule has 3 N–H and O–H groups in total. The Bertz CT molecular complexity index is 628. The smallest absolute Gasteiger partial charge is 0.312 e. The second kappa shape index (κ2) is 4.82. The molecule has 1 aliphatic rings. The summed E-state index contributed by atoms with van der Waals surface area (Å²) >= 11 is 0. The Morgan fingerprint density at radius 1 is 1.40 bits per heavy atom. The topological polar surface area (TPSA) is 97.5 Å². The number of aliphatic carboxylic acids is 1. The normalized spacial score (nSPS) is 29.1. The summed E-state index contributed by atoms with van der Waals surface area (Å²) in [4.78, 5) is 11.5. The first kappa shape index (κ1) is 14.9. The van der Waals surface area contributed by atoms with Gasteiger partial charge in [-0.05, 0) is 17.7 Å². The maximum atomic E-state index is 12.9. The van der Waals surface area contributed by atoms with E-state index in [0.717, 1.165) is 0 Å². The molecule has 0 bridgehead atoms. The minimum absolute atomic E-state index is 0.148. The molecule has 7 heteroatoms. The van der Waals surface area contributed by atoms with Crippen LogP contribution in [-0.2, 0) is 14.6 Å². The van der Waals surface area contributed by atoms with E-state index in [0.29, 0.717) is 5.56 Å². The van der Waals surface area contributed by atoms with Crippen LogP contribution in [0.1, 0.15) is 18.4 Å². The van der Waals surface area contributed by atoms with Crippen LogP contribution in [0.5, 0.6) is 0 Å². The van der Waals surface area contributed by atoms with Gasteiger partial charge in [0.15, 0.2) is 9.84 Å². The molecule has 3 atom stereocenters. The third-order valence-corrected chi connectivity index (χ3v) is 6.28. The Morgan fingerprint density at radius 3 is 2.35 bits per heavy atom. The molecule has 0 amide bonds. The molecule has 0 heterocycles. The van der Waals surface area contributed by atoms with Crippen molar-refractivity contribution in [3.05, 3.63) is 35.6 Å². The van der Waals surface area contributed by atoms with E-state index >= 15 is 0 Å². The summed E-state index contributed by atoms with van der Waals surface area (Å²) in [6, 6.07) is 5.20. The van der Waals surface area contributed by atoms with Crippen LogP contribution in [0.15, 0.2) is 24.3 Å². The van der Waals surface area contributed by atoms with Crippen LogP contribution in [-0.4, -0.2) is 37.0 Å². The molecule has 1 aromatic rings. The highest BCUT2D eigenvalue weighted by molar-refractivity contribution is 7.92. The average Bonchev–Trinajstić information content (AvgIpc) is 3.11. The van der Waals surface area contributed by atoms with Gasteiger partial charge in [-0.25, -0.2) is 12.8 Å². The number of hydrogen-bond donors (Lipinski definition) is 2. The van der Waals surface area contributed by atoms with Gasteiger partial charge < -0.3 is 10.8 Å². The van der Waals surface area contributed by atoms with Crippen LogP contribution in [0, 0.1) is 11.2 Å². The first-order chi connectivity index (χ1) is 9.31. The predicted octanol–water partition coefficient (Wildman–Crippen LogP) is 0.756. The molecule has 0 saturated heterocycles. The second-order valence-electron chi connectivity index (χ2n) is 4.95. The van der Waals surface area contributed by atoms with E-state index in [2.05, 4.69) is 0 Å². The van der Waals surface area contributed by atoms with E-state index in [1.54, 1.807) is 0 Å². The Labute approximate surface area is 116 Å². The average molecular weight is 301 g/mol. The molecule has 0 aliphatic heterocycles. The standard InChI is InChI=1S/C13H16FNO4S/c1-2-20(18,19)11-10(13(11,7-15)12(16)17)8-3-5-9(14)6-4-8/h3-6,10-11H,2,7,15H2,1H3,(H,16,17)/t10-,11-,13+/m1/s1. The number of carboxylic acids is 1. The zero-order chi connectivity index (χ0) is 15.1. The van der Waals surface area contributed by atoms with E-state index in [9.17, 15) is 22.7 Å². The number of benzene rings is 1. The van der Waals surface area contributed by atoms with Gasteiger partial charge in [-0.3, -0.25) is 4.79 Å². The maximum absolute atomic E-state index is 12.9. The largest absolute Gasteiger partial charge is 0.481 e. The van der Waals surface area contributed by atoms with Crippen LogP contribution in [0.2, 0.25) is 0 Å². The van der Waals surface area contributed by atoms with E-state index in [1.165, 1.54) is 31.2 Å². The van der Waals surface area contributed by atoms with Gasteiger partial charge in [0.05, 0.1) is 5.25 Å². The summed E-state index contributed by atoms with van der Waals surface area (Å²) in [6.45, 7) is 1.20. The number of nitrogens with two attached hydrogens (primary N) is 1. The van der Waals surface area contributed by atoms with E-state index in [1.807, 2.05) is 0 Å². The summed E-state index contributed by atoms with van der Waals surface area (Å²) < 4.78 is 37.1. The molecule has 0 aromatic heterocycles. The first-order valence-corrected chi connectivity index (χ1v) is 7.93. The van der Waals surface area contributed by atoms with Crippen LogP contribution in [0.25, 0.3) is 0 Å². The summed E-state index contributed by atoms with van der Waals surface area (Å²) in [5.74, 6) is -2.56. The van der Waals surface area contributed by atoms with E-state index in [4.69, 9.17) is 5.73 Å². The molecule has 1 aromatic carbocycles. The van der Waals surface area contributed by atoms with Gasteiger partial charge in [0.25, 0.3) is 0 Å². The van der Waals surface area contributed by atoms with Crippen molar-refractivity contribution < 1.29 is 22.7 Å². The lowest BCUT2D eigenvalue weighted by Gasteiger charge is -2.09. The molecule has 110 valence electrons. The van der Waals surface area contributed by atoms with Crippen molar-refractivity contribution in [3.8, 4) is 0 Å². The van der Waals surface area contributed by atoms with Crippen molar-refractivity contribution in [3.63, 3.8) is 0 Å². The number of rotatable bonds is 5. The Morgan fingerprint density at radius 2 is 1.95 bits per heavy atom. The Balaban J connectivity index is 2.50. The van der Waals surface area contributed by atoms with Crippen LogP contribution < -0.4 is 5.73 Å². The fourth-order valence-electron chi connectivity index (χ4n) is 2.84. The third kappa shape index (κ3) is 2.01. The summed E-state index contributed by atoms with van der Waals surface area (Å²) in [5, 5.41) is 8.35. The van der Waals surface area contributed by atoms with Gasteiger partial charge in [0, 0.05) is 18.2 Å². The summed E-state index contributed by atoms with van der Waals surface area (Å²) in [5.41, 5.74) is 4.53. The first-order valence-electron chi connectivity index (χ1n) is 6.21. The monoisotopic (exact) mass is 301 g/mol. The number of carbonyl (C=O) groups is 1. The molecule has 0 radical (unpaired) electrons. The maximum Gasteiger partial charge on any atom is 0.312 e. The van der Waals surface area contributed by atoms with Crippen molar-refractivity contribution in [2.45, 2.75) is 18.1 Å². The Kier molecular flexibility index (Phi) is 3.60. The molecule has 0 unspecified atom stereocenters. The highest BCUT2D eigenvalue weighted by Gasteiger charge is 2.74. The molecule has 1 fully saturated rings. The van der Waals surface area contributed by atoms with E-state index in [-0.39, 0.29) is 12.3 Å². The third-order valence-electron chi connectivity index (χ3n) is 4.01. The molecule has 2 rings (SSSR count). The van der Waals surface area contributed by atoms with Crippen LogP contribution in [0.3, 0.4) is 0 Å². The molecular weight excluding hydrogens is 285 g/mol. The van der Waals surface area contributed by atoms with Crippen molar-refractivity contribution >= 4 is 15.8 Å².